The van der Waals surface area contributed by atoms with Gasteiger partial charge in [-0.25, -0.2) is 9.78 Å². The van der Waals surface area contributed by atoms with E-state index in [-0.39, 0.29) is 16.6 Å². The van der Waals surface area contributed by atoms with Crippen LogP contribution in [0, 0.1) is 6.92 Å². The molecule has 2 aromatic heterocycles. The van der Waals surface area contributed by atoms with Crippen molar-refractivity contribution in [3.05, 3.63) is 33.5 Å². The summed E-state index contributed by atoms with van der Waals surface area (Å²) in [4.78, 5) is 26.2. The van der Waals surface area contributed by atoms with Crippen molar-refractivity contribution in [3.8, 4) is 0 Å². The zero-order valence-corrected chi connectivity index (χ0v) is 11.2. The number of hydrogen-bond donors (Lipinski definition) is 2. The quantitative estimate of drug-likeness (QED) is 0.864. The Morgan fingerprint density at radius 1 is 1.53 bits per heavy atom. The lowest BCUT2D eigenvalue weighted by Gasteiger charge is -2.02. The highest BCUT2D eigenvalue weighted by molar-refractivity contribution is 7.11. The molecule has 19 heavy (non-hydrogen) atoms. The van der Waals surface area contributed by atoms with Crippen LogP contribution in [0.25, 0.3) is 0 Å². The van der Waals surface area contributed by atoms with Crippen LogP contribution < -0.4 is 5.32 Å². The van der Waals surface area contributed by atoms with E-state index < -0.39 is 5.97 Å². The molecule has 0 bridgehead atoms. The predicted molar refractivity (Wildman–Crippen MR) is 68.2 cm³/mol. The predicted octanol–water partition coefficient (Wildman–Crippen LogP) is 0.813. The molecule has 8 heteroatoms. The van der Waals surface area contributed by atoms with Gasteiger partial charge in [0.05, 0.1) is 6.20 Å². The van der Waals surface area contributed by atoms with E-state index in [1.54, 1.807) is 10.9 Å². The number of hydrogen-bond acceptors (Lipinski definition) is 5. The van der Waals surface area contributed by atoms with Gasteiger partial charge in [-0.2, -0.15) is 5.10 Å². The first kappa shape index (κ1) is 13.2. The molecule has 2 rings (SSSR count). The summed E-state index contributed by atoms with van der Waals surface area (Å²) in [7, 11) is 1.82. The Labute approximate surface area is 112 Å². The lowest BCUT2D eigenvalue weighted by atomic mass is 10.2. The van der Waals surface area contributed by atoms with Gasteiger partial charge in [0.15, 0.2) is 10.7 Å². The number of carboxylic acid groups (broad SMARTS) is 1. The number of carbonyl (C=O) groups excluding carboxylic acids is 1. The minimum absolute atomic E-state index is 0.118. The number of thiazole rings is 1. The molecule has 0 saturated heterocycles. The molecule has 100 valence electrons. The van der Waals surface area contributed by atoms with Crippen LogP contribution >= 0.6 is 11.3 Å². The van der Waals surface area contributed by atoms with Crippen LogP contribution in [0.3, 0.4) is 0 Å². The fraction of sp³-hybridized carbons (Fsp3) is 0.273. The number of nitrogens with zero attached hydrogens (tertiary/aromatic N) is 3. The Kier molecular flexibility index (Phi) is 3.61. The molecular weight excluding hydrogens is 268 g/mol. The van der Waals surface area contributed by atoms with Crippen molar-refractivity contribution < 1.29 is 14.7 Å². The lowest BCUT2D eigenvalue weighted by molar-refractivity contribution is 0.0691. The highest BCUT2D eigenvalue weighted by Crippen LogP contribution is 2.10. The fourth-order valence-electron chi connectivity index (χ4n) is 1.45. The van der Waals surface area contributed by atoms with Crippen LogP contribution in [-0.2, 0) is 13.6 Å². The van der Waals surface area contributed by atoms with Crippen LogP contribution in [0.15, 0.2) is 11.6 Å². The summed E-state index contributed by atoms with van der Waals surface area (Å²) < 4.78 is 1.72. The highest BCUT2D eigenvalue weighted by Gasteiger charge is 2.15. The van der Waals surface area contributed by atoms with E-state index in [0.29, 0.717) is 6.54 Å². The molecule has 0 radical (unpaired) electrons. The Morgan fingerprint density at radius 3 is 2.79 bits per heavy atom. The lowest BCUT2D eigenvalue weighted by Crippen LogP contribution is -2.23. The SMILES string of the molecule is Cc1c(CNC(=O)c2nc(C(=O)O)cs2)cnn1C. The molecule has 7 nitrogen and oxygen atoms in total. The summed E-state index contributed by atoms with van der Waals surface area (Å²) in [6.07, 6.45) is 1.68. The molecule has 0 atom stereocenters. The van der Waals surface area contributed by atoms with Crippen LogP contribution in [0.5, 0.6) is 0 Å². The summed E-state index contributed by atoms with van der Waals surface area (Å²) in [5.41, 5.74) is 1.75. The number of aromatic nitrogens is 3. The van der Waals surface area contributed by atoms with Crippen LogP contribution in [0.4, 0.5) is 0 Å². The van der Waals surface area contributed by atoms with Gasteiger partial charge in [-0.05, 0) is 6.92 Å². The first-order valence-electron chi connectivity index (χ1n) is 5.43. The second-order valence-electron chi connectivity index (χ2n) is 3.90. The van der Waals surface area contributed by atoms with Crippen LogP contribution in [-0.4, -0.2) is 31.7 Å². The Hall–Kier alpha value is -2.22. The van der Waals surface area contributed by atoms with E-state index in [0.717, 1.165) is 22.6 Å². The largest absolute Gasteiger partial charge is 0.476 e. The van der Waals surface area contributed by atoms with E-state index >= 15 is 0 Å². The number of aromatic carboxylic acids is 1. The third-order valence-electron chi connectivity index (χ3n) is 2.69. The summed E-state index contributed by atoms with van der Waals surface area (Å²) in [6, 6.07) is 0. The molecule has 0 saturated carbocycles. The van der Waals surface area contributed by atoms with E-state index in [1.165, 1.54) is 5.38 Å². The van der Waals surface area contributed by atoms with E-state index in [1.807, 2.05) is 14.0 Å². The number of rotatable bonds is 4. The minimum atomic E-state index is -1.14. The molecule has 0 aliphatic carbocycles. The number of nitrogens with one attached hydrogen (secondary N) is 1. The van der Waals surface area contributed by atoms with Crippen molar-refractivity contribution >= 4 is 23.2 Å². The highest BCUT2D eigenvalue weighted by atomic mass is 32.1. The first-order valence-corrected chi connectivity index (χ1v) is 6.31. The Morgan fingerprint density at radius 2 is 2.26 bits per heavy atom. The van der Waals surface area contributed by atoms with Crippen molar-refractivity contribution in [1.29, 1.82) is 0 Å². The Balaban J connectivity index is 2.01. The van der Waals surface area contributed by atoms with Crippen molar-refractivity contribution in [2.45, 2.75) is 13.5 Å². The fourth-order valence-corrected chi connectivity index (χ4v) is 2.15. The maximum atomic E-state index is 11.8. The smallest absolute Gasteiger partial charge is 0.355 e. The van der Waals surface area contributed by atoms with Gasteiger partial charge in [0.1, 0.15) is 0 Å². The van der Waals surface area contributed by atoms with E-state index in [4.69, 9.17) is 5.11 Å². The third-order valence-corrected chi connectivity index (χ3v) is 3.53. The molecule has 0 aliphatic heterocycles. The number of aryl methyl sites for hydroxylation is 1. The van der Waals surface area contributed by atoms with Gasteiger partial charge in [0.2, 0.25) is 0 Å². The van der Waals surface area contributed by atoms with Gasteiger partial charge in [-0.3, -0.25) is 9.48 Å². The molecular formula is C11H12N4O3S. The maximum Gasteiger partial charge on any atom is 0.355 e. The van der Waals surface area contributed by atoms with Crippen molar-refractivity contribution in [2.75, 3.05) is 0 Å². The topological polar surface area (TPSA) is 97.1 Å². The van der Waals surface area contributed by atoms with Crippen LogP contribution in [0.2, 0.25) is 0 Å². The van der Waals surface area contributed by atoms with Gasteiger partial charge in [-0.15, -0.1) is 11.3 Å². The normalized spacial score (nSPS) is 10.4. The van der Waals surface area contributed by atoms with Crippen molar-refractivity contribution in [3.63, 3.8) is 0 Å². The van der Waals surface area contributed by atoms with Crippen molar-refractivity contribution in [1.82, 2.24) is 20.1 Å². The molecule has 0 aliphatic rings. The van der Waals surface area contributed by atoms with Gasteiger partial charge in [-0.1, -0.05) is 0 Å². The minimum Gasteiger partial charge on any atom is -0.476 e. The summed E-state index contributed by atoms with van der Waals surface area (Å²) in [5, 5.41) is 17.0. The Bertz CT molecular complexity index is 632. The molecule has 0 aromatic carbocycles. The van der Waals surface area contributed by atoms with E-state index in [2.05, 4.69) is 15.4 Å². The third kappa shape index (κ3) is 2.79. The average Bonchev–Trinajstić information content (AvgIpc) is 2.97. The van der Waals surface area contributed by atoms with Gasteiger partial charge < -0.3 is 10.4 Å². The molecule has 2 aromatic rings. The summed E-state index contributed by atoms with van der Waals surface area (Å²) in [5.74, 6) is -1.53. The van der Waals surface area contributed by atoms with Gasteiger partial charge in [0, 0.05) is 30.2 Å². The van der Waals surface area contributed by atoms with Crippen molar-refractivity contribution in [2.24, 2.45) is 7.05 Å². The second kappa shape index (κ2) is 5.19. The van der Waals surface area contributed by atoms with E-state index in [9.17, 15) is 9.59 Å². The monoisotopic (exact) mass is 280 g/mol. The number of amides is 1. The number of carboxylic acids is 1. The molecule has 2 heterocycles. The molecule has 0 unspecified atom stereocenters. The number of carbonyl (C=O) groups is 2. The average molecular weight is 280 g/mol. The zero-order valence-electron chi connectivity index (χ0n) is 10.4. The maximum absolute atomic E-state index is 11.8. The van der Waals surface area contributed by atoms with Crippen LogP contribution in [0.1, 0.15) is 31.5 Å². The zero-order chi connectivity index (χ0) is 14.0. The molecule has 0 fully saturated rings. The van der Waals surface area contributed by atoms with Gasteiger partial charge >= 0.3 is 5.97 Å². The molecule has 1 amide bonds. The first-order chi connectivity index (χ1) is 8.99. The molecule has 2 N–H and O–H groups in total. The van der Waals surface area contributed by atoms with Gasteiger partial charge in [0.25, 0.3) is 5.91 Å². The molecule has 0 spiro atoms. The summed E-state index contributed by atoms with van der Waals surface area (Å²) in [6.45, 7) is 2.24. The summed E-state index contributed by atoms with van der Waals surface area (Å²) >= 11 is 1.01. The standard InChI is InChI=1S/C11H12N4O3S/c1-6-7(4-13-15(6)2)3-12-9(16)10-14-8(5-19-10)11(17)18/h4-5H,3H2,1-2H3,(H,12,16)(H,17,18). The second-order valence-corrected chi connectivity index (χ2v) is 4.76.